The highest BCUT2D eigenvalue weighted by molar-refractivity contribution is 7.99. The van der Waals surface area contributed by atoms with E-state index in [2.05, 4.69) is 37.2 Å². The summed E-state index contributed by atoms with van der Waals surface area (Å²) < 4.78 is 5.34. The zero-order chi connectivity index (χ0) is 22.3. The van der Waals surface area contributed by atoms with Crippen molar-refractivity contribution in [2.75, 3.05) is 54.2 Å². The molecule has 0 unspecified atom stereocenters. The number of carbonyl (C=O) groups is 1. The highest BCUT2D eigenvalue weighted by Crippen LogP contribution is 2.24. The van der Waals surface area contributed by atoms with Crippen LogP contribution in [0.1, 0.15) is 0 Å². The van der Waals surface area contributed by atoms with Crippen LogP contribution in [-0.4, -0.2) is 54.9 Å². The largest absolute Gasteiger partial charge is 0.497 e. The molecule has 4 rings (SSSR count). The van der Waals surface area contributed by atoms with E-state index in [0.29, 0.717) is 15.9 Å². The van der Waals surface area contributed by atoms with Crippen LogP contribution in [0.25, 0.3) is 0 Å². The Kier molecular flexibility index (Phi) is 7.34. The van der Waals surface area contributed by atoms with Crippen molar-refractivity contribution in [2.24, 2.45) is 0 Å². The zero-order valence-corrected chi connectivity index (χ0v) is 19.3. The second-order valence-corrected chi connectivity index (χ2v) is 8.60. The lowest BCUT2D eigenvalue weighted by molar-refractivity contribution is -0.113. The molecule has 1 amide bonds. The molecule has 0 saturated carbocycles. The summed E-state index contributed by atoms with van der Waals surface area (Å²) in [6, 6.07) is 17.1. The van der Waals surface area contributed by atoms with E-state index >= 15 is 0 Å². The molecule has 1 aliphatic rings. The third-order valence-corrected chi connectivity index (χ3v) is 6.21. The predicted octanol–water partition coefficient (Wildman–Crippen LogP) is 4.20. The van der Waals surface area contributed by atoms with Crippen LogP contribution in [-0.2, 0) is 4.79 Å². The number of hydrogen-bond acceptors (Lipinski definition) is 7. The summed E-state index contributed by atoms with van der Waals surface area (Å²) in [4.78, 5) is 25.8. The molecule has 2 heterocycles. The van der Waals surface area contributed by atoms with Gasteiger partial charge in [0, 0.05) is 54.8 Å². The molecule has 9 heteroatoms. The average molecular weight is 470 g/mol. The number of thioether (sulfide) groups is 1. The molecule has 0 atom stereocenters. The molecule has 0 bridgehead atoms. The number of benzene rings is 2. The number of nitrogens with zero attached hydrogens (tertiary/aromatic N) is 4. The van der Waals surface area contributed by atoms with Crippen LogP contribution in [0.5, 0.6) is 5.75 Å². The minimum absolute atomic E-state index is 0.113. The van der Waals surface area contributed by atoms with E-state index in [-0.39, 0.29) is 11.7 Å². The maximum Gasteiger partial charge on any atom is 0.234 e. The van der Waals surface area contributed by atoms with Crippen LogP contribution in [0.3, 0.4) is 0 Å². The molecule has 1 fully saturated rings. The standard InChI is InChI=1S/C23H24ClN5O2S/c1-31-20-4-2-3-19(15-20)28-11-13-29(14-12-28)21-9-10-25-23(27-21)32-16-22(30)26-18-7-5-17(24)6-8-18/h2-10,15H,11-14,16H2,1H3,(H,26,30). The van der Waals surface area contributed by atoms with E-state index in [0.717, 1.165) is 43.4 Å². The zero-order valence-electron chi connectivity index (χ0n) is 17.7. The Bertz CT molecular complexity index is 1060. The average Bonchev–Trinajstić information content (AvgIpc) is 2.84. The number of hydrogen-bond donors (Lipinski definition) is 1. The Morgan fingerprint density at radius 2 is 1.84 bits per heavy atom. The molecule has 7 nitrogen and oxygen atoms in total. The van der Waals surface area contributed by atoms with E-state index in [1.165, 1.54) is 11.8 Å². The number of methoxy groups -OCH3 is 1. The van der Waals surface area contributed by atoms with Crippen molar-refractivity contribution in [2.45, 2.75) is 5.16 Å². The van der Waals surface area contributed by atoms with Crippen molar-refractivity contribution in [1.29, 1.82) is 0 Å². The normalized spacial score (nSPS) is 13.7. The van der Waals surface area contributed by atoms with Crippen molar-refractivity contribution in [3.8, 4) is 5.75 Å². The van der Waals surface area contributed by atoms with Gasteiger partial charge in [-0.2, -0.15) is 0 Å². The number of amides is 1. The summed E-state index contributed by atoms with van der Waals surface area (Å²) >= 11 is 7.19. The van der Waals surface area contributed by atoms with Crippen LogP contribution in [0.15, 0.2) is 66.0 Å². The summed E-state index contributed by atoms with van der Waals surface area (Å²) in [5, 5.41) is 4.07. The molecular formula is C23H24ClN5O2S. The molecule has 1 aromatic heterocycles. The number of nitrogens with one attached hydrogen (secondary N) is 1. The number of ether oxygens (including phenoxy) is 1. The molecule has 1 saturated heterocycles. The van der Waals surface area contributed by atoms with Crippen molar-refractivity contribution < 1.29 is 9.53 Å². The van der Waals surface area contributed by atoms with Crippen molar-refractivity contribution >= 4 is 46.5 Å². The van der Waals surface area contributed by atoms with Gasteiger partial charge in [0.25, 0.3) is 0 Å². The molecule has 1 aliphatic heterocycles. The fraction of sp³-hybridized carbons (Fsp3) is 0.261. The molecule has 166 valence electrons. The highest BCUT2D eigenvalue weighted by atomic mass is 35.5. The second-order valence-electron chi connectivity index (χ2n) is 7.22. The Balaban J connectivity index is 1.30. The maximum atomic E-state index is 12.2. The topological polar surface area (TPSA) is 70.6 Å². The second kappa shape index (κ2) is 10.6. The lowest BCUT2D eigenvalue weighted by Crippen LogP contribution is -2.46. The van der Waals surface area contributed by atoms with Gasteiger partial charge in [0.1, 0.15) is 11.6 Å². The quantitative estimate of drug-likeness (QED) is 0.410. The van der Waals surface area contributed by atoms with E-state index in [4.69, 9.17) is 16.3 Å². The molecule has 32 heavy (non-hydrogen) atoms. The van der Waals surface area contributed by atoms with Gasteiger partial charge in [-0.25, -0.2) is 9.97 Å². The molecule has 0 spiro atoms. The smallest absolute Gasteiger partial charge is 0.234 e. The van der Waals surface area contributed by atoms with Crippen LogP contribution in [0, 0.1) is 0 Å². The molecule has 1 N–H and O–H groups in total. The van der Waals surface area contributed by atoms with Crippen LogP contribution in [0.4, 0.5) is 17.2 Å². The minimum atomic E-state index is -0.113. The van der Waals surface area contributed by atoms with Crippen LogP contribution >= 0.6 is 23.4 Å². The summed E-state index contributed by atoms with van der Waals surface area (Å²) in [5.41, 5.74) is 1.87. The van der Waals surface area contributed by atoms with Crippen LogP contribution < -0.4 is 19.9 Å². The number of piperazine rings is 1. The first-order valence-corrected chi connectivity index (χ1v) is 11.6. The Morgan fingerprint density at radius 3 is 2.59 bits per heavy atom. The number of halogens is 1. The van der Waals surface area contributed by atoms with Gasteiger partial charge in [-0.05, 0) is 42.5 Å². The first-order valence-electron chi connectivity index (χ1n) is 10.3. The van der Waals surface area contributed by atoms with Gasteiger partial charge in [0.05, 0.1) is 12.9 Å². The van der Waals surface area contributed by atoms with Crippen LogP contribution in [0.2, 0.25) is 5.02 Å². The summed E-state index contributed by atoms with van der Waals surface area (Å²) in [5.74, 6) is 1.86. The van der Waals surface area contributed by atoms with Gasteiger partial charge in [0.15, 0.2) is 5.16 Å². The van der Waals surface area contributed by atoms with Crippen molar-refractivity contribution in [3.63, 3.8) is 0 Å². The van der Waals surface area contributed by atoms with E-state index in [9.17, 15) is 4.79 Å². The van der Waals surface area contributed by atoms with Crippen molar-refractivity contribution in [1.82, 2.24) is 9.97 Å². The first kappa shape index (κ1) is 22.2. The molecule has 2 aromatic carbocycles. The van der Waals surface area contributed by atoms with E-state index in [1.54, 1.807) is 37.6 Å². The first-order chi connectivity index (χ1) is 15.6. The number of anilines is 3. The summed E-state index contributed by atoms with van der Waals surface area (Å²) in [6.07, 6.45) is 1.75. The van der Waals surface area contributed by atoms with Gasteiger partial charge < -0.3 is 19.9 Å². The fourth-order valence-corrected chi connectivity index (χ4v) is 4.19. The minimum Gasteiger partial charge on any atom is -0.497 e. The Hall–Kier alpha value is -2.97. The summed E-state index contributed by atoms with van der Waals surface area (Å²) in [6.45, 7) is 3.50. The number of carbonyl (C=O) groups excluding carboxylic acids is 1. The highest BCUT2D eigenvalue weighted by Gasteiger charge is 2.19. The third kappa shape index (κ3) is 5.83. The summed E-state index contributed by atoms with van der Waals surface area (Å²) in [7, 11) is 1.68. The van der Waals surface area contributed by atoms with Gasteiger partial charge >= 0.3 is 0 Å². The Labute approximate surface area is 196 Å². The van der Waals surface area contributed by atoms with E-state index in [1.807, 2.05) is 18.2 Å². The SMILES string of the molecule is COc1cccc(N2CCN(c3ccnc(SCC(=O)Nc4ccc(Cl)cc4)n3)CC2)c1. The van der Waals surface area contributed by atoms with Gasteiger partial charge in [-0.1, -0.05) is 29.4 Å². The number of aromatic nitrogens is 2. The van der Waals surface area contributed by atoms with Gasteiger partial charge in [0.2, 0.25) is 5.91 Å². The van der Waals surface area contributed by atoms with E-state index < -0.39 is 0 Å². The number of rotatable bonds is 7. The fourth-order valence-electron chi connectivity index (χ4n) is 3.44. The van der Waals surface area contributed by atoms with Crippen molar-refractivity contribution in [3.05, 3.63) is 65.8 Å². The molecular weight excluding hydrogens is 446 g/mol. The lowest BCUT2D eigenvalue weighted by atomic mass is 10.2. The monoisotopic (exact) mass is 469 g/mol. The van der Waals surface area contributed by atoms with Gasteiger partial charge in [-0.15, -0.1) is 0 Å². The molecule has 0 aliphatic carbocycles. The molecule has 3 aromatic rings. The predicted molar refractivity (Wildman–Crippen MR) is 130 cm³/mol. The lowest BCUT2D eigenvalue weighted by Gasteiger charge is -2.36. The molecule has 0 radical (unpaired) electrons. The Morgan fingerprint density at radius 1 is 1.09 bits per heavy atom. The third-order valence-electron chi connectivity index (χ3n) is 5.10. The van der Waals surface area contributed by atoms with Gasteiger partial charge in [-0.3, -0.25) is 4.79 Å². The maximum absolute atomic E-state index is 12.2.